The quantitative estimate of drug-likeness (QED) is 0.610. The molecule has 1 aromatic heterocycles. The van der Waals surface area contributed by atoms with Crippen LogP contribution < -0.4 is 9.84 Å². The maximum atomic E-state index is 13.6. The molecule has 3 aromatic rings. The van der Waals surface area contributed by atoms with Crippen LogP contribution in [0.25, 0.3) is 0 Å². The van der Waals surface area contributed by atoms with Gasteiger partial charge in [0.2, 0.25) is 0 Å². The van der Waals surface area contributed by atoms with E-state index in [1.807, 2.05) is 0 Å². The van der Waals surface area contributed by atoms with Crippen molar-refractivity contribution in [3.63, 3.8) is 0 Å². The van der Waals surface area contributed by atoms with Crippen molar-refractivity contribution >= 4 is 5.97 Å². The van der Waals surface area contributed by atoms with Crippen LogP contribution in [0.4, 0.5) is 4.39 Å². The zero-order valence-corrected chi connectivity index (χ0v) is 16.3. The molecule has 0 aliphatic heterocycles. The number of hydrogen-bond acceptors (Lipinski definition) is 6. The summed E-state index contributed by atoms with van der Waals surface area (Å²) in [6, 6.07) is 15.7. The van der Waals surface area contributed by atoms with Crippen molar-refractivity contribution in [2.24, 2.45) is 0 Å². The highest BCUT2D eigenvalue weighted by Gasteiger charge is 2.46. The molecule has 29 heavy (non-hydrogen) atoms. The molecule has 0 aliphatic rings. The molecular weight excluding hydrogens is 375 g/mol. The van der Waals surface area contributed by atoms with Gasteiger partial charge in [0.15, 0.2) is 11.7 Å². The second-order valence-electron chi connectivity index (χ2n) is 6.56. The van der Waals surface area contributed by atoms with Crippen LogP contribution >= 0.6 is 0 Å². The first kappa shape index (κ1) is 20.4. The lowest BCUT2D eigenvalue weighted by molar-refractivity contribution is -0.320. The van der Waals surface area contributed by atoms with Crippen LogP contribution in [0.15, 0.2) is 60.7 Å². The van der Waals surface area contributed by atoms with Gasteiger partial charge in [-0.1, -0.05) is 42.5 Å². The van der Waals surface area contributed by atoms with Crippen LogP contribution in [0.5, 0.6) is 6.01 Å². The number of methoxy groups -OCH3 is 1. The van der Waals surface area contributed by atoms with Crippen molar-refractivity contribution < 1.29 is 23.8 Å². The third-order valence-corrected chi connectivity index (χ3v) is 4.57. The Kier molecular flexibility index (Phi) is 5.89. The molecule has 0 aliphatic carbocycles. The maximum Gasteiger partial charge on any atom is 0.317 e. The SMILES string of the molecule is CO[C@@](c1ccccc1)(c1ccc(F)cc1)[C@@H](Oc1nc(C)cc(C)n1)C(=O)[O-]. The van der Waals surface area contributed by atoms with Gasteiger partial charge in [0.05, 0.1) is 5.97 Å². The number of carbonyl (C=O) groups excluding carboxylic acids is 1. The first-order chi connectivity index (χ1) is 13.9. The number of rotatable bonds is 7. The van der Waals surface area contributed by atoms with Crippen LogP contribution in [0.1, 0.15) is 22.5 Å². The molecule has 2 aromatic carbocycles. The Labute approximate surface area is 168 Å². The number of benzene rings is 2. The van der Waals surface area contributed by atoms with Crippen LogP contribution in [-0.2, 0) is 15.1 Å². The van der Waals surface area contributed by atoms with E-state index in [0.29, 0.717) is 22.5 Å². The zero-order valence-electron chi connectivity index (χ0n) is 16.3. The highest BCUT2D eigenvalue weighted by molar-refractivity contribution is 5.74. The van der Waals surface area contributed by atoms with E-state index < -0.39 is 23.5 Å². The summed E-state index contributed by atoms with van der Waals surface area (Å²) in [4.78, 5) is 20.6. The monoisotopic (exact) mass is 395 g/mol. The molecule has 0 amide bonds. The number of aliphatic carboxylic acids is 1. The lowest BCUT2D eigenvalue weighted by Gasteiger charge is -2.40. The average Bonchev–Trinajstić information content (AvgIpc) is 2.69. The molecular formula is C22H20FN2O4-. The smallest absolute Gasteiger partial charge is 0.317 e. The van der Waals surface area contributed by atoms with E-state index in [-0.39, 0.29) is 6.01 Å². The first-order valence-corrected chi connectivity index (χ1v) is 8.93. The Bertz CT molecular complexity index is 975. The summed E-state index contributed by atoms with van der Waals surface area (Å²) in [7, 11) is 1.36. The van der Waals surface area contributed by atoms with Gasteiger partial charge < -0.3 is 19.4 Å². The third-order valence-electron chi connectivity index (χ3n) is 4.57. The van der Waals surface area contributed by atoms with Gasteiger partial charge in [0, 0.05) is 18.5 Å². The Morgan fingerprint density at radius 1 is 1.00 bits per heavy atom. The summed E-state index contributed by atoms with van der Waals surface area (Å²) in [5, 5.41) is 12.2. The second-order valence-corrected chi connectivity index (χ2v) is 6.56. The Morgan fingerprint density at radius 3 is 2.07 bits per heavy atom. The number of ether oxygens (including phenoxy) is 2. The molecule has 7 heteroatoms. The van der Waals surface area contributed by atoms with E-state index in [9.17, 15) is 14.3 Å². The van der Waals surface area contributed by atoms with E-state index in [0.717, 1.165) is 0 Å². The fourth-order valence-corrected chi connectivity index (χ4v) is 3.34. The summed E-state index contributed by atoms with van der Waals surface area (Å²) in [5.41, 5.74) is 0.483. The molecule has 2 atom stereocenters. The highest BCUT2D eigenvalue weighted by atomic mass is 19.1. The molecule has 0 saturated carbocycles. The van der Waals surface area contributed by atoms with Crippen molar-refractivity contribution in [2.45, 2.75) is 25.6 Å². The first-order valence-electron chi connectivity index (χ1n) is 8.93. The highest BCUT2D eigenvalue weighted by Crippen LogP contribution is 2.38. The van der Waals surface area contributed by atoms with Gasteiger partial charge >= 0.3 is 6.01 Å². The summed E-state index contributed by atoms with van der Waals surface area (Å²) < 4.78 is 25.1. The molecule has 6 nitrogen and oxygen atoms in total. The molecule has 1 heterocycles. The Morgan fingerprint density at radius 2 is 1.55 bits per heavy atom. The lowest BCUT2D eigenvalue weighted by atomic mass is 9.81. The van der Waals surface area contributed by atoms with Crippen molar-refractivity contribution in [1.82, 2.24) is 9.97 Å². The van der Waals surface area contributed by atoms with Gasteiger partial charge in [-0.2, -0.15) is 0 Å². The number of carbonyl (C=O) groups is 1. The summed E-state index contributed by atoms with van der Waals surface area (Å²) >= 11 is 0. The summed E-state index contributed by atoms with van der Waals surface area (Å²) in [6.45, 7) is 3.49. The van der Waals surface area contributed by atoms with Crippen molar-refractivity contribution in [3.8, 4) is 6.01 Å². The van der Waals surface area contributed by atoms with Gasteiger partial charge in [-0.25, -0.2) is 14.4 Å². The molecule has 0 unspecified atom stereocenters. The third kappa shape index (κ3) is 4.09. The van der Waals surface area contributed by atoms with E-state index >= 15 is 0 Å². The van der Waals surface area contributed by atoms with Gasteiger partial charge in [-0.15, -0.1) is 0 Å². The average molecular weight is 395 g/mol. The fourth-order valence-electron chi connectivity index (χ4n) is 3.34. The number of carboxylic acid groups (broad SMARTS) is 1. The number of hydrogen-bond donors (Lipinski definition) is 0. The fraction of sp³-hybridized carbons (Fsp3) is 0.227. The van der Waals surface area contributed by atoms with E-state index in [4.69, 9.17) is 9.47 Å². The van der Waals surface area contributed by atoms with Crippen LogP contribution in [0.2, 0.25) is 0 Å². The molecule has 3 rings (SSSR count). The number of aryl methyl sites for hydroxylation is 2. The normalized spacial score (nSPS) is 14.1. The molecule has 0 bridgehead atoms. The summed E-state index contributed by atoms with van der Waals surface area (Å²) in [6.07, 6.45) is -1.65. The molecule has 150 valence electrons. The van der Waals surface area contributed by atoms with Crippen molar-refractivity contribution in [3.05, 3.63) is 89.0 Å². The van der Waals surface area contributed by atoms with Crippen molar-refractivity contribution in [1.29, 1.82) is 0 Å². The molecule has 0 radical (unpaired) electrons. The van der Waals surface area contributed by atoms with Crippen LogP contribution in [0.3, 0.4) is 0 Å². The van der Waals surface area contributed by atoms with Gasteiger partial charge in [0.1, 0.15) is 5.82 Å². The number of aromatic nitrogens is 2. The predicted molar refractivity (Wildman–Crippen MR) is 102 cm³/mol. The number of nitrogens with zero attached hydrogens (tertiary/aromatic N) is 2. The molecule has 0 fully saturated rings. The minimum Gasteiger partial charge on any atom is -0.546 e. The minimum atomic E-state index is -1.65. The van der Waals surface area contributed by atoms with E-state index in [2.05, 4.69) is 9.97 Å². The minimum absolute atomic E-state index is 0.115. The zero-order chi connectivity index (χ0) is 21.0. The van der Waals surface area contributed by atoms with Gasteiger partial charge in [-0.3, -0.25) is 0 Å². The second kappa shape index (κ2) is 8.36. The molecule has 0 N–H and O–H groups in total. The molecule has 0 spiro atoms. The number of carboxylic acids is 1. The Hall–Kier alpha value is -3.32. The standard InChI is InChI=1S/C22H21FN2O4/c1-14-13-15(2)25-21(24-14)29-19(20(26)27)22(28-3,16-7-5-4-6-8-16)17-9-11-18(23)12-10-17/h4-13,19H,1-3H3,(H,26,27)/p-1/t19-,22-/m0/s1. The topological polar surface area (TPSA) is 84.4 Å². The van der Waals surface area contributed by atoms with Gasteiger partial charge in [0.25, 0.3) is 0 Å². The van der Waals surface area contributed by atoms with Crippen LogP contribution in [-0.4, -0.2) is 29.2 Å². The number of halogens is 1. The lowest BCUT2D eigenvalue weighted by Crippen LogP contribution is -2.55. The van der Waals surface area contributed by atoms with Gasteiger partial charge in [-0.05, 0) is 43.2 Å². The van der Waals surface area contributed by atoms with Crippen molar-refractivity contribution in [2.75, 3.05) is 7.11 Å². The largest absolute Gasteiger partial charge is 0.546 e. The molecule has 0 saturated heterocycles. The Balaban J connectivity index is 2.21. The van der Waals surface area contributed by atoms with E-state index in [1.54, 1.807) is 50.2 Å². The van der Waals surface area contributed by atoms with E-state index in [1.165, 1.54) is 31.4 Å². The summed E-state index contributed by atoms with van der Waals surface area (Å²) in [5.74, 6) is -1.99. The predicted octanol–water partition coefficient (Wildman–Crippen LogP) is 2.32. The van der Waals surface area contributed by atoms with Crippen LogP contribution in [0, 0.1) is 19.7 Å². The maximum absolute atomic E-state index is 13.6.